The molecule has 0 aromatic heterocycles. The molecule has 0 fully saturated rings. The molecule has 0 saturated carbocycles. The maximum atomic E-state index is 5.37. The Hall–Kier alpha value is -2.16. The highest BCUT2D eigenvalue weighted by Crippen LogP contribution is 2.04. The molecule has 0 unspecified atom stereocenters. The summed E-state index contributed by atoms with van der Waals surface area (Å²) >= 11 is 0. The summed E-state index contributed by atoms with van der Waals surface area (Å²) in [6, 6.07) is 16.6. The maximum Gasteiger partial charge on any atom is 0.0315 e. The molecule has 2 aromatic rings. The van der Waals surface area contributed by atoms with Crippen molar-refractivity contribution < 1.29 is 0 Å². The number of nitrogens with two attached hydrogens (primary N) is 3. The SMILES string of the molecule is Nc1ccc(N)cc1.Nc1ccccc1. The molecular weight excluding hydrogens is 186 g/mol. The molecule has 15 heavy (non-hydrogen) atoms. The lowest BCUT2D eigenvalue weighted by Crippen LogP contribution is -1.86. The molecule has 2 rings (SSSR count). The minimum absolute atomic E-state index is 0.749. The summed E-state index contributed by atoms with van der Waals surface area (Å²) in [4.78, 5) is 0. The Labute approximate surface area is 89.5 Å². The number of benzene rings is 2. The Kier molecular flexibility index (Phi) is 4.04. The van der Waals surface area contributed by atoms with Gasteiger partial charge in [-0.15, -0.1) is 0 Å². The highest BCUT2D eigenvalue weighted by atomic mass is 14.6. The van der Waals surface area contributed by atoms with Crippen LogP contribution >= 0.6 is 0 Å². The van der Waals surface area contributed by atoms with E-state index in [4.69, 9.17) is 17.2 Å². The van der Waals surface area contributed by atoms with E-state index in [-0.39, 0.29) is 0 Å². The van der Waals surface area contributed by atoms with Gasteiger partial charge in [0.25, 0.3) is 0 Å². The molecule has 0 aliphatic heterocycles. The van der Waals surface area contributed by atoms with Crippen LogP contribution in [0.25, 0.3) is 0 Å². The first-order chi connectivity index (χ1) is 7.18. The molecule has 0 aliphatic rings. The molecule has 2 aromatic carbocycles. The first kappa shape index (κ1) is 10.9. The first-order valence-electron chi connectivity index (χ1n) is 4.60. The van der Waals surface area contributed by atoms with Gasteiger partial charge in [-0.2, -0.15) is 0 Å². The van der Waals surface area contributed by atoms with Gasteiger partial charge in [-0.25, -0.2) is 0 Å². The van der Waals surface area contributed by atoms with Gasteiger partial charge >= 0.3 is 0 Å². The van der Waals surface area contributed by atoms with E-state index in [2.05, 4.69) is 0 Å². The molecule has 0 amide bonds. The van der Waals surface area contributed by atoms with E-state index in [1.807, 2.05) is 30.3 Å². The van der Waals surface area contributed by atoms with Crippen molar-refractivity contribution in [1.29, 1.82) is 0 Å². The zero-order chi connectivity index (χ0) is 11.1. The lowest BCUT2D eigenvalue weighted by molar-refractivity contribution is 1.67. The predicted molar refractivity (Wildman–Crippen MR) is 66.1 cm³/mol. The average molecular weight is 201 g/mol. The number of para-hydroxylation sites is 1. The van der Waals surface area contributed by atoms with Gasteiger partial charge in [0.2, 0.25) is 0 Å². The van der Waals surface area contributed by atoms with Crippen LogP contribution in [0.1, 0.15) is 0 Å². The molecule has 0 atom stereocenters. The van der Waals surface area contributed by atoms with E-state index in [0.717, 1.165) is 17.1 Å². The normalized spacial score (nSPS) is 8.80. The van der Waals surface area contributed by atoms with E-state index in [9.17, 15) is 0 Å². The van der Waals surface area contributed by atoms with E-state index >= 15 is 0 Å². The van der Waals surface area contributed by atoms with Gasteiger partial charge in [0, 0.05) is 17.1 Å². The van der Waals surface area contributed by atoms with Gasteiger partial charge in [-0.05, 0) is 36.4 Å². The van der Waals surface area contributed by atoms with Crippen molar-refractivity contribution in [2.75, 3.05) is 17.2 Å². The van der Waals surface area contributed by atoms with Crippen LogP contribution in [0.5, 0.6) is 0 Å². The Bertz CT molecular complexity index is 360. The molecule has 78 valence electrons. The zero-order valence-electron chi connectivity index (χ0n) is 8.43. The van der Waals surface area contributed by atoms with Crippen molar-refractivity contribution in [1.82, 2.24) is 0 Å². The fourth-order valence-electron chi connectivity index (χ4n) is 0.949. The van der Waals surface area contributed by atoms with Crippen LogP contribution in [-0.4, -0.2) is 0 Å². The largest absolute Gasteiger partial charge is 0.399 e. The van der Waals surface area contributed by atoms with Crippen molar-refractivity contribution in [2.45, 2.75) is 0 Å². The number of hydrogen-bond acceptors (Lipinski definition) is 3. The smallest absolute Gasteiger partial charge is 0.0315 e. The number of hydrogen-bond donors (Lipinski definition) is 3. The second-order valence-electron chi connectivity index (χ2n) is 3.08. The van der Waals surface area contributed by atoms with Crippen LogP contribution in [-0.2, 0) is 0 Å². The number of nitrogen functional groups attached to an aromatic ring is 3. The standard InChI is InChI=1S/C6H8N2.C6H7N/c7-5-1-2-6(8)4-3-5;7-6-4-2-1-3-5-6/h1-4H,7-8H2;1-5H,7H2. The Morgan fingerprint density at radius 2 is 0.800 bits per heavy atom. The summed E-state index contributed by atoms with van der Waals surface area (Å²) in [5.41, 5.74) is 18.4. The molecule has 3 heteroatoms. The van der Waals surface area contributed by atoms with Crippen LogP contribution in [0.15, 0.2) is 54.6 Å². The lowest BCUT2D eigenvalue weighted by Gasteiger charge is -1.90. The molecule has 0 heterocycles. The van der Waals surface area contributed by atoms with E-state index < -0.39 is 0 Å². The minimum Gasteiger partial charge on any atom is -0.399 e. The quantitative estimate of drug-likeness (QED) is 0.571. The first-order valence-corrected chi connectivity index (χ1v) is 4.60. The van der Waals surface area contributed by atoms with Gasteiger partial charge < -0.3 is 17.2 Å². The number of rotatable bonds is 0. The summed E-state index contributed by atoms with van der Waals surface area (Å²) in [5.74, 6) is 0. The second kappa shape index (κ2) is 5.54. The minimum atomic E-state index is 0.749. The van der Waals surface area contributed by atoms with E-state index in [0.29, 0.717) is 0 Å². The molecule has 0 radical (unpaired) electrons. The maximum absolute atomic E-state index is 5.37. The average Bonchev–Trinajstić information content (AvgIpc) is 2.25. The van der Waals surface area contributed by atoms with Gasteiger partial charge in [0.15, 0.2) is 0 Å². The summed E-state index contributed by atoms with van der Waals surface area (Å²) in [7, 11) is 0. The topological polar surface area (TPSA) is 78.1 Å². The number of anilines is 3. The van der Waals surface area contributed by atoms with Crippen LogP contribution in [0.2, 0.25) is 0 Å². The second-order valence-corrected chi connectivity index (χ2v) is 3.08. The third-order valence-corrected chi connectivity index (χ3v) is 1.74. The lowest BCUT2D eigenvalue weighted by atomic mass is 10.3. The molecule has 0 saturated heterocycles. The van der Waals surface area contributed by atoms with Gasteiger partial charge in [-0.3, -0.25) is 0 Å². The van der Waals surface area contributed by atoms with E-state index in [1.165, 1.54) is 0 Å². The predicted octanol–water partition coefficient (Wildman–Crippen LogP) is 2.12. The monoisotopic (exact) mass is 201 g/mol. The third-order valence-electron chi connectivity index (χ3n) is 1.74. The van der Waals surface area contributed by atoms with Crippen LogP contribution in [0.4, 0.5) is 17.1 Å². The molecular formula is C12H15N3. The summed E-state index contributed by atoms with van der Waals surface area (Å²) in [6.45, 7) is 0. The van der Waals surface area contributed by atoms with Crippen LogP contribution in [0.3, 0.4) is 0 Å². The molecule has 0 bridgehead atoms. The zero-order valence-corrected chi connectivity index (χ0v) is 8.43. The molecule has 3 nitrogen and oxygen atoms in total. The van der Waals surface area contributed by atoms with Crippen LogP contribution in [0, 0.1) is 0 Å². The van der Waals surface area contributed by atoms with Gasteiger partial charge in [-0.1, -0.05) is 18.2 Å². The summed E-state index contributed by atoms with van der Waals surface area (Å²) < 4.78 is 0. The van der Waals surface area contributed by atoms with Crippen molar-refractivity contribution in [3.63, 3.8) is 0 Å². The van der Waals surface area contributed by atoms with E-state index in [1.54, 1.807) is 24.3 Å². The Balaban J connectivity index is 0.000000151. The fraction of sp³-hybridized carbons (Fsp3) is 0. The van der Waals surface area contributed by atoms with Crippen molar-refractivity contribution in [2.24, 2.45) is 0 Å². The Morgan fingerprint density at radius 3 is 1.07 bits per heavy atom. The highest BCUT2D eigenvalue weighted by molar-refractivity contribution is 5.47. The Morgan fingerprint density at radius 1 is 0.467 bits per heavy atom. The van der Waals surface area contributed by atoms with Crippen molar-refractivity contribution >= 4 is 17.1 Å². The summed E-state index contributed by atoms with van der Waals surface area (Å²) in [6.07, 6.45) is 0. The van der Waals surface area contributed by atoms with Crippen LogP contribution < -0.4 is 17.2 Å². The van der Waals surface area contributed by atoms with Crippen molar-refractivity contribution in [3.8, 4) is 0 Å². The fourth-order valence-corrected chi connectivity index (χ4v) is 0.949. The highest BCUT2D eigenvalue weighted by Gasteiger charge is 1.80. The molecule has 0 spiro atoms. The van der Waals surface area contributed by atoms with Gasteiger partial charge in [0.1, 0.15) is 0 Å². The molecule has 0 aliphatic carbocycles. The van der Waals surface area contributed by atoms with Crippen molar-refractivity contribution in [3.05, 3.63) is 54.6 Å². The third kappa shape index (κ3) is 4.57. The van der Waals surface area contributed by atoms with Gasteiger partial charge in [0.05, 0.1) is 0 Å². The molecule has 6 N–H and O–H groups in total. The summed E-state index contributed by atoms with van der Waals surface area (Å²) in [5, 5.41) is 0.